The Morgan fingerprint density at radius 1 is 1.12 bits per heavy atom. The lowest BCUT2D eigenvalue weighted by Crippen LogP contribution is -2.10. The molecule has 17 heavy (non-hydrogen) atoms. The molecule has 0 aliphatic carbocycles. The van der Waals surface area contributed by atoms with Crippen LogP contribution < -0.4 is 0 Å². The third-order valence-electron chi connectivity index (χ3n) is 2.49. The topological polar surface area (TPSA) is 23.8 Å². The second-order valence-electron chi connectivity index (χ2n) is 4.98. The van der Waals surface area contributed by atoms with Crippen molar-refractivity contribution >= 4 is 11.8 Å². The lowest BCUT2D eigenvalue weighted by Gasteiger charge is -2.19. The van der Waals surface area contributed by atoms with Crippen LogP contribution in [-0.2, 0) is 5.41 Å². The summed E-state index contributed by atoms with van der Waals surface area (Å²) in [6, 6.07) is 9.02. The highest BCUT2D eigenvalue weighted by atomic mass is 32.2. The van der Waals surface area contributed by atoms with Crippen molar-refractivity contribution in [3.05, 3.63) is 29.8 Å². The first-order valence-electron chi connectivity index (χ1n) is 6.03. The maximum absolute atomic E-state index is 6.50. The van der Waals surface area contributed by atoms with Crippen molar-refractivity contribution in [1.29, 1.82) is 5.26 Å². The zero-order chi connectivity index (χ0) is 13.3. The molecule has 0 heterocycles. The number of unbranched alkanes of at least 4 members (excludes halogenated alkanes) is 1. The molecule has 0 aliphatic rings. The minimum Gasteiger partial charge on any atom is -0.202 e. The summed E-state index contributed by atoms with van der Waals surface area (Å²) in [7, 11) is 0. The number of hydrogen-bond acceptors (Lipinski definition) is 2. The van der Waals surface area contributed by atoms with Crippen LogP contribution in [-0.4, -0.2) is 5.75 Å². The van der Waals surface area contributed by atoms with Crippen molar-refractivity contribution in [3.63, 3.8) is 0 Å². The van der Waals surface area contributed by atoms with Crippen LogP contribution in [0.15, 0.2) is 29.2 Å². The van der Waals surface area contributed by atoms with Gasteiger partial charge in [-0.05, 0) is 35.3 Å². The number of benzene rings is 1. The van der Waals surface area contributed by atoms with E-state index in [0.29, 0.717) is 0 Å². The molecular formula is C15H23NS. The zero-order valence-electron chi connectivity index (χ0n) is 11.4. The molecule has 2 heteroatoms. The van der Waals surface area contributed by atoms with E-state index in [0.717, 1.165) is 0 Å². The summed E-state index contributed by atoms with van der Waals surface area (Å²) in [6.45, 7) is 12.5. The Morgan fingerprint density at radius 2 is 1.65 bits per heavy atom. The van der Waals surface area contributed by atoms with Crippen molar-refractivity contribution in [2.24, 2.45) is 0 Å². The van der Waals surface area contributed by atoms with Crippen LogP contribution in [0.1, 0.15) is 46.1 Å². The fourth-order valence-electron chi connectivity index (χ4n) is 1.39. The molecule has 0 unspecified atom stereocenters. The summed E-state index contributed by atoms with van der Waals surface area (Å²) in [5.74, 6) is 1.24. The minimum atomic E-state index is 0.270. The highest BCUT2D eigenvalue weighted by Gasteiger charge is 2.12. The van der Waals surface area contributed by atoms with Gasteiger partial charge in [0.05, 0.1) is 0 Å². The molecule has 0 N–H and O–H groups in total. The second-order valence-corrected chi connectivity index (χ2v) is 6.14. The summed E-state index contributed by atoms with van der Waals surface area (Å²) >= 11 is 1.96. The Morgan fingerprint density at radius 3 is 2.06 bits per heavy atom. The Balaban J connectivity index is 0.00000121. The van der Waals surface area contributed by atoms with Crippen LogP contribution in [0.4, 0.5) is 0 Å². The van der Waals surface area contributed by atoms with Crippen LogP contribution in [0, 0.1) is 11.8 Å². The van der Waals surface area contributed by atoms with Crippen LogP contribution in [0.25, 0.3) is 0 Å². The van der Waals surface area contributed by atoms with E-state index >= 15 is 0 Å². The van der Waals surface area contributed by atoms with Gasteiger partial charge in [-0.2, -0.15) is 0 Å². The highest BCUT2D eigenvalue weighted by Crippen LogP contribution is 2.25. The van der Waals surface area contributed by atoms with Gasteiger partial charge in [0.1, 0.15) is 0 Å². The third-order valence-corrected chi connectivity index (χ3v) is 3.59. The van der Waals surface area contributed by atoms with Gasteiger partial charge in [-0.25, -0.2) is 5.26 Å². The van der Waals surface area contributed by atoms with E-state index in [-0.39, 0.29) is 5.41 Å². The molecule has 0 amide bonds. The van der Waals surface area contributed by atoms with E-state index in [1.807, 2.05) is 11.8 Å². The Hall–Kier alpha value is -0.940. The van der Waals surface area contributed by atoms with Crippen LogP contribution in [0.2, 0.25) is 0 Å². The SMILES string of the molecule is C#N.CCCCSc1ccc(C(C)(C)C)cc1. The van der Waals surface area contributed by atoms with Gasteiger partial charge >= 0.3 is 0 Å². The molecule has 0 saturated heterocycles. The second kappa shape index (κ2) is 8.20. The standard InChI is InChI=1S/C14H22S.CHN/c1-5-6-11-15-13-9-7-12(8-10-13)14(2,3)4;1-2/h7-10H,5-6,11H2,1-4H3;1H. The molecule has 0 saturated carbocycles. The molecule has 0 atom stereocenters. The summed E-state index contributed by atoms with van der Waals surface area (Å²) in [4.78, 5) is 1.40. The molecule has 94 valence electrons. The largest absolute Gasteiger partial charge is 0.202 e. The minimum absolute atomic E-state index is 0.270. The molecule has 1 aromatic rings. The smallest absolute Gasteiger partial charge is 0.0462 e. The molecule has 0 aromatic heterocycles. The van der Waals surface area contributed by atoms with Gasteiger partial charge in [0.25, 0.3) is 0 Å². The molecule has 1 rings (SSSR count). The third kappa shape index (κ3) is 6.38. The summed E-state index contributed by atoms with van der Waals surface area (Å²) in [6.07, 6.45) is 2.60. The first-order valence-corrected chi connectivity index (χ1v) is 7.02. The van der Waals surface area contributed by atoms with Crippen molar-refractivity contribution in [1.82, 2.24) is 0 Å². The number of nitriles is 1. The average Bonchev–Trinajstić information content (AvgIpc) is 2.32. The monoisotopic (exact) mass is 249 g/mol. The summed E-state index contributed by atoms with van der Waals surface area (Å²) in [5.41, 5.74) is 1.69. The summed E-state index contributed by atoms with van der Waals surface area (Å²) < 4.78 is 0. The van der Waals surface area contributed by atoms with Crippen LogP contribution in [0.5, 0.6) is 0 Å². The van der Waals surface area contributed by atoms with E-state index in [1.165, 1.54) is 29.1 Å². The number of thioether (sulfide) groups is 1. The first kappa shape index (κ1) is 16.1. The molecule has 0 radical (unpaired) electrons. The maximum Gasteiger partial charge on any atom is 0.0462 e. The number of hydrogen-bond donors (Lipinski definition) is 0. The summed E-state index contributed by atoms with van der Waals surface area (Å²) in [5, 5.41) is 6.50. The fourth-order valence-corrected chi connectivity index (χ4v) is 2.38. The molecule has 0 bridgehead atoms. The quantitative estimate of drug-likeness (QED) is 0.553. The van der Waals surface area contributed by atoms with Gasteiger partial charge in [0, 0.05) is 11.5 Å². The lowest BCUT2D eigenvalue weighted by atomic mass is 9.87. The maximum atomic E-state index is 6.50. The molecule has 0 fully saturated rings. The van der Waals surface area contributed by atoms with E-state index in [4.69, 9.17) is 5.26 Å². The van der Waals surface area contributed by atoms with Crippen molar-refractivity contribution in [2.45, 2.75) is 50.8 Å². The molecule has 0 aliphatic heterocycles. The van der Waals surface area contributed by atoms with Crippen molar-refractivity contribution < 1.29 is 0 Å². The Labute approximate surface area is 110 Å². The van der Waals surface area contributed by atoms with E-state index < -0.39 is 0 Å². The predicted octanol–water partition coefficient (Wildman–Crippen LogP) is 5.02. The van der Waals surface area contributed by atoms with Gasteiger partial charge in [-0.3, -0.25) is 0 Å². The first-order chi connectivity index (χ1) is 8.04. The Bertz CT molecular complexity index is 319. The fraction of sp³-hybridized carbons (Fsp3) is 0.533. The van der Waals surface area contributed by atoms with Crippen molar-refractivity contribution in [3.8, 4) is 6.57 Å². The zero-order valence-corrected chi connectivity index (χ0v) is 12.2. The van der Waals surface area contributed by atoms with Gasteiger partial charge in [0.15, 0.2) is 0 Å². The van der Waals surface area contributed by atoms with E-state index in [9.17, 15) is 0 Å². The van der Waals surface area contributed by atoms with Crippen LogP contribution >= 0.6 is 11.8 Å². The molecule has 1 nitrogen and oxygen atoms in total. The predicted molar refractivity (Wildman–Crippen MR) is 77.4 cm³/mol. The van der Waals surface area contributed by atoms with Gasteiger partial charge in [-0.15, -0.1) is 11.8 Å². The normalized spacial score (nSPS) is 10.5. The molecule has 1 aromatic carbocycles. The number of rotatable bonds is 4. The molecular weight excluding hydrogens is 226 g/mol. The van der Waals surface area contributed by atoms with Crippen molar-refractivity contribution in [2.75, 3.05) is 5.75 Å². The lowest BCUT2D eigenvalue weighted by molar-refractivity contribution is 0.590. The number of nitrogens with zero attached hydrogens (tertiary/aromatic N) is 1. The van der Waals surface area contributed by atoms with Crippen LogP contribution in [0.3, 0.4) is 0 Å². The van der Waals surface area contributed by atoms with Gasteiger partial charge < -0.3 is 0 Å². The van der Waals surface area contributed by atoms with Gasteiger partial charge in [0.2, 0.25) is 0 Å². The van der Waals surface area contributed by atoms with E-state index in [1.54, 1.807) is 0 Å². The van der Waals surface area contributed by atoms with Gasteiger partial charge in [-0.1, -0.05) is 46.2 Å². The molecule has 0 spiro atoms. The average molecular weight is 249 g/mol. The van der Waals surface area contributed by atoms with E-state index in [2.05, 4.69) is 58.5 Å². The highest BCUT2D eigenvalue weighted by molar-refractivity contribution is 7.99. The Kier molecular flexibility index (Phi) is 7.74.